The SMILES string of the molecule is COC(=O)c1cccc(-c2c(C)cc(OCCC(C)(C)O)cc2C)c1C. The lowest BCUT2D eigenvalue weighted by Crippen LogP contribution is -2.21. The van der Waals surface area contributed by atoms with Crippen molar-refractivity contribution in [2.24, 2.45) is 0 Å². The predicted octanol–water partition coefficient (Wildman–Crippen LogP) is 4.61. The Hall–Kier alpha value is -2.33. The molecule has 2 aromatic rings. The monoisotopic (exact) mass is 356 g/mol. The number of carbonyl (C=O) groups excluding carboxylic acids is 1. The first-order valence-corrected chi connectivity index (χ1v) is 8.79. The van der Waals surface area contributed by atoms with Gasteiger partial charge in [0.25, 0.3) is 0 Å². The van der Waals surface area contributed by atoms with Crippen LogP contribution in [0.25, 0.3) is 11.1 Å². The third-order valence-electron chi connectivity index (χ3n) is 4.50. The molecule has 0 aliphatic heterocycles. The van der Waals surface area contributed by atoms with Crippen LogP contribution >= 0.6 is 0 Å². The lowest BCUT2D eigenvalue weighted by molar-refractivity contribution is 0.0552. The van der Waals surface area contributed by atoms with E-state index in [1.807, 2.05) is 45.0 Å². The predicted molar refractivity (Wildman–Crippen MR) is 104 cm³/mol. The molecule has 2 aromatic carbocycles. The first-order chi connectivity index (χ1) is 12.1. The standard InChI is InChI=1S/C22H28O4/c1-14-12-17(26-11-10-22(4,5)24)13-15(2)20(14)18-8-7-9-19(16(18)3)21(23)25-6/h7-9,12-13,24H,10-11H2,1-6H3. The van der Waals surface area contributed by atoms with Crippen LogP contribution in [0, 0.1) is 20.8 Å². The van der Waals surface area contributed by atoms with Crippen LogP contribution < -0.4 is 4.74 Å². The first-order valence-electron chi connectivity index (χ1n) is 8.79. The molecule has 0 heterocycles. The molecule has 0 saturated carbocycles. The maximum atomic E-state index is 12.0. The molecule has 0 bridgehead atoms. The molecule has 4 nitrogen and oxygen atoms in total. The van der Waals surface area contributed by atoms with Crippen molar-refractivity contribution < 1.29 is 19.4 Å². The Morgan fingerprint density at radius 2 is 1.73 bits per heavy atom. The summed E-state index contributed by atoms with van der Waals surface area (Å²) in [4.78, 5) is 12.0. The van der Waals surface area contributed by atoms with Gasteiger partial charge in [0.15, 0.2) is 0 Å². The van der Waals surface area contributed by atoms with Gasteiger partial charge in [-0.15, -0.1) is 0 Å². The molecule has 0 aliphatic carbocycles. The molecule has 0 spiro atoms. The number of methoxy groups -OCH3 is 1. The second-order valence-corrected chi connectivity index (χ2v) is 7.31. The van der Waals surface area contributed by atoms with Crippen LogP contribution in [-0.2, 0) is 4.74 Å². The number of aliphatic hydroxyl groups is 1. The van der Waals surface area contributed by atoms with Gasteiger partial charge in [0, 0.05) is 6.42 Å². The zero-order valence-corrected chi connectivity index (χ0v) is 16.5. The van der Waals surface area contributed by atoms with Crippen LogP contribution in [-0.4, -0.2) is 30.4 Å². The smallest absolute Gasteiger partial charge is 0.338 e. The zero-order chi connectivity index (χ0) is 19.5. The molecule has 0 unspecified atom stereocenters. The van der Waals surface area contributed by atoms with Crippen molar-refractivity contribution in [2.45, 2.75) is 46.6 Å². The van der Waals surface area contributed by atoms with Gasteiger partial charge in [0.1, 0.15) is 5.75 Å². The highest BCUT2D eigenvalue weighted by Gasteiger charge is 2.17. The first kappa shape index (κ1) is 20.0. The Kier molecular flexibility index (Phi) is 6.09. The second-order valence-electron chi connectivity index (χ2n) is 7.31. The number of rotatable bonds is 6. The number of aryl methyl sites for hydroxylation is 2. The summed E-state index contributed by atoms with van der Waals surface area (Å²) in [7, 11) is 1.39. The summed E-state index contributed by atoms with van der Waals surface area (Å²) < 4.78 is 10.7. The van der Waals surface area contributed by atoms with Crippen LogP contribution in [0.15, 0.2) is 30.3 Å². The maximum absolute atomic E-state index is 12.0. The molecular formula is C22H28O4. The van der Waals surface area contributed by atoms with Gasteiger partial charge < -0.3 is 14.6 Å². The van der Waals surface area contributed by atoms with E-state index in [1.165, 1.54) is 7.11 Å². The molecule has 140 valence electrons. The Balaban J connectivity index is 2.36. The minimum absolute atomic E-state index is 0.328. The normalized spacial score (nSPS) is 11.3. The zero-order valence-electron chi connectivity index (χ0n) is 16.5. The van der Waals surface area contributed by atoms with Gasteiger partial charge in [-0.25, -0.2) is 4.79 Å². The maximum Gasteiger partial charge on any atom is 0.338 e. The van der Waals surface area contributed by atoms with Crippen LogP contribution in [0.2, 0.25) is 0 Å². The van der Waals surface area contributed by atoms with Crippen molar-refractivity contribution >= 4 is 5.97 Å². The highest BCUT2D eigenvalue weighted by molar-refractivity contribution is 5.94. The number of hydrogen-bond donors (Lipinski definition) is 1. The van der Waals surface area contributed by atoms with Crippen LogP contribution in [0.1, 0.15) is 47.3 Å². The fourth-order valence-corrected chi connectivity index (χ4v) is 3.09. The molecule has 0 radical (unpaired) electrons. The van der Waals surface area contributed by atoms with Crippen molar-refractivity contribution in [3.8, 4) is 16.9 Å². The summed E-state index contributed by atoms with van der Waals surface area (Å²) in [5, 5.41) is 9.80. The molecular weight excluding hydrogens is 328 g/mol. The minimum Gasteiger partial charge on any atom is -0.493 e. The Morgan fingerprint density at radius 3 is 2.27 bits per heavy atom. The Bertz CT molecular complexity index is 777. The third-order valence-corrected chi connectivity index (χ3v) is 4.50. The summed E-state index contributed by atoms with van der Waals surface area (Å²) in [6.07, 6.45) is 0.563. The van der Waals surface area contributed by atoms with E-state index in [1.54, 1.807) is 19.9 Å². The highest BCUT2D eigenvalue weighted by Crippen LogP contribution is 2.34. The van der Waals surface area contributed by atoms with Crippen LogP contribution in [0.4, 0.5) is 0 Å². The van der Waals surface area contributed by atoms with Crippen molar-refractivity contribution in [3.63, 3.8) is 0 Å². The molecule has 0 atom stereocenters. The molecule has 2 rings (SSSR count). The summed E-state index contributed by atoms with van der Waals surface area (Å²) in [6.45, 7) is 10.0. The number of benzene rings is 2. The van der Waals surface area contributed by atoms with Gasteiger partial charge in [0.05, 0.1) is 24.9 Å². The Labute approximate surface area is 155 Å². The van der Waals surface area contributed by atoms with Gasteiger partial charge in [0.2, 0.25) is 0 Å². The van der Waals surface area contributed by atoms with Gasteiger partial charge in [-0.1, -0.05) is 12.1 Å². The van der Waals surface area contributed by atoms with E-state index < -0.39 is 5.60 Å². The van der Waals surface area contributed by atoms with E-state index in [4.69, 9.17) is 9.47 Å². The van der Waals surface area contributed by atoms with E-state index >= 15 is 0 Å². The average Bonchev–Trinajstić information content (AvgIpc) is 2.54. The fraction of sp³-hybridized carbons (Fsp3) is 0.409. The second kappa shape index (κ2) is 7.92. The summed E-state index contributed by atoms with van der Waals surface area (Å²) >= 11 is 0. The molecule has 0 saturated heterocycles. The van der Waals surface area contributed by atoms with E-state index in [0.29, 0.717) is 18.6 Å². The molecule has 1 N–H and O–H groups in total. The van der Waals surface area contributed by atoms with Crippen molar-refractivity contribution in [1.29, 1.82) is 0 Å². The topological polar surface area (TPSA) is 55.8 Å². The van der Waals surface area contributed by atoms with Gasteiger partial charge in [-0.2, -0.15) is 0 Å². The van der Waals surface area contributed by atoms with Gasteiger partial charge in [-0.3, -0.25) is 0 Å². The van der Waals surface area contributed by atoms with E-state index in [0.717, 1.165) is 33.6 Å². The van der Waals surface area contributed by atoms with Crippen LogP contribution in [0.5, 0.6) is 5.75 Å². The molecule has 4 heteroatoms. The largest absolute Gasteiger partial charge is 0.493 e. The van der Waals surface area contributed by atoms with Gasteiger partial charge in [-0.05, 0) is 80.6 Å². The molecule has 26 heavy (non-hydrogen) atoms. The van der Waals surface area contributed by atoms with Crippen molar-refractivity contribution in [3.05, 3.63) is 52.6 Å². The van der Waals surface area contributed by atoms with Gasteiger partial charge >= 0.3 is 5.97 Å². The van der Waals surface area contributed by atoms with E-state index in [2.05, 4.69) is 0 Å². The fourth-order valence-electron chi connectivity index (χ4n) is 3.09. The quantitative estimate of drug-likeness (QED) is 0.768. The average molecular weight is 356 g/mol. The lowest BCUT2D eigenvalue weighted by Gasteiger charge is -2.19. The third kappa shape index (κ3) is 4.64. The molecule has 0 fully saturated rings. The highest BCUT2D eigenvalue weighted by atomic mass is 16.5. The number of ether oxygens (including phenoxy) is 2. The molecule has 0 aliphatic rings. The van der Waals surface area contributed by atoms with Crippen molar-refractivity contribution in [1.82, 2.24) is 0 Å². The summed E-state index contributed by atoms with van der Waals surface area (Å²) in [6, 6.07) is 9.67. The van der Waals surface area contributed by atoms with Crippen molar-refractivity contribution in [2.75, 3.05) is 13.7 Å². The molecule has 0 aromatic heterocycles. The Morgan fingerprint density at radius 1 is 1.12 bits per heavy atom. The van der Waals surface area contributed by atoms with E-state index in [-0.39, 0.29) is 5.97 Å². The lowest BCUT2D eigenvalue weighted by atomic mass is 9.90. The van der Waals surface area contributed by atoms with Crippen LogP contribution in [0.3, 0.4) is 0 Å². The summed E-state index contributed by atoms with van der Waals surface area (Å²) in [5.41, 5.74) is 5.02. The minimum atomic E-state index is -0.741. The number of carbonyl (C=O) groups is 1. The number of hydrogen-bond acceptors (Lipinski definition) is 4. The summed E-state index contributed by atoms with van der Waals surface area (Å²) in [5.74, 6) is 0.459. The number of esters is 1. The molecule has 0 amide bonds. The van der Waals surface area contributed by atoms with E-state index in [9.17, 15) is 9.90 Å².